The molecule has 9 heteroatoms. The van der Waals surface area contributed by atoms with Crippen LogP contribution in [0.2, 0.25) is 5.02 Å². The molecule has 1 atom stereocenters. The number of nitrogens with zero attached hydrogens (tertiary/aromatic N) is 3. The van der Waals surface area contributed by atoms with Gasteiger partial charge < -0.3 is 0 Å². The van der Waals surface area contributed by atoms with E-state index in [0.29, 0.717) is 18.9 Å². The van der Waals surface area contributed by atoms with Gasteiger partial charge in [0.05, 0.1) is 5.75 Å². The summed E-state index contributed by atoms with van der Waals surface area (Å²) in [4.78, 5) is 4.10. The van der Waals surface area contributed by atoms with Crippen LogP contribution in [0.25, 0.3) is 0 Å². The topological polar surface area (TPSA) is 79.0 Å². The SMILES string of the molecule is O=S(=O)(Cc1ccc(Cl)cc1F)N1CCCC(c2ncn[nH]2)C1. The Morgan fingerprint density at radius 3 is 2.96 bits per heavy atom. The second-order valence-corrected chi connectivity index (χ2v) is 7.97. The van der Waals surface area contributed by atoms with Gasteiger partial charge in [0.25, 0.3) is 0 Å². The molecule has 3 rings (SSSR count). The Hall–Kier alpha value is -1.51. The summed E-state index contributed by atoms with van der Waals surface area (Å²) < 4.78 is 40.4. The van der Waals surface area contributed by atoms with Crippen molar-refractivity contribution in [3.05, 3.63) is 46.8 Å². The van der Waals surface area contributed by atoms with Crippen molar-refractivity contribution >= 4 is 21.6 Å². The molecule has 23 heavy (non-hydrogen) atoms. The first-order valence-corrected chi connectivity index (χ1v) is 9.21. The fourth-order valence-electron chi connectivity index (χ4n) is 2.76. The molecular formula is C14H16ClFN4O2S. The van der Waals surface area contributed by atoms with Crippen molar-refractivity contribution in [1.29, 1.82) is 0 Å². The van der Waals surface area contributed by atoms with Crippen LogP contribution in [0.15, 0.2) is 24.5 Å². The normalized spacial score (nSPS) is 19.8. The summed E-state index contributed by atoms with van der Waals surface area (Å²) in [7, 11) is -3.61. The zero-order valence-corrected chi connectivity index (χ0v) is 13.8. The van der Waals surface area contributed by atoms with Gasteiger partial charge in [0.2, 0.25) is 10.0 Å². The molecule has 0 bridgehead atoms. The highest BCUT2D eigenvalue weighted by atomic mass is 35.5. The van der Waals surface area contributed by atoms with Crippen molar-refractivity contribution in [2.24, 2.45) is 0 Å². The number of H-pyrrole nitrogens is 1. The third-order valence-corrected chi connectivity index (χ3v) is 5.98. The van der Waals surface area contributed by atoms with Gasteiger partial charge in [-0.2, -0.15) is 5.10 Å². The maximum absolute atomic E-state index is 13.9. The molecule has 6 nitrogen and oxygen atoms in total. The van der Waals surface area contributed by atoms with Crippen LogP contribution in [0.1, 0.15) is 30.1 Å². The number of sulfonamides is 1. The van der Waals surface area contributed by atoms with Gasteiger partial charge in [0, 0.05) is 29.6 Å². The molecule has 1 aliphatic heterocycles. The number of piperidine rings is 1. The van der Waals surface area contributed by atoms with E-state index < -0.39 is 15.8 Å². The molecule has 0 radical (unpaired) electrons. The Morgan fingerprint density at radius 2 is 2.26 bits per heavy atom. The molecule has 0 saturated carbocycles. The van der Waals surface area contributed by atoms with Crippen LogP contribution in [0, 0.1) is 5.82 Å². The molecule has 1 saturated heterocycles. The van der Waals surface area contributed by atoms with E-state index in [1.165, 1.54) is 22.8 Å². The first-order valence-electron chi connectivity index (χ1n) is 7.23. The Morgan fingerprint density at radius 1 is 1.43 bits per heavy atom. The van der Waals surface area contributed by atoms with Crippen molar-refractivity contribution in [1.82, 2.24) is 19.5 Å². The highest BCUT2D eigenvalue weighted by molar-refractivity contribution is 7.88. The third kappa shape index (κ3) is 3.70. The molecule has 1 N–H and O–H groups in total. The van der Waals surface area contributed by atoms with Gasteiger partial charge in [0.15, 0.2) is 0 Å². The molecule has 0 spiro atoms. The zero-order chi connectivity index (χ0) is 16.4. The number of halogens is 2. The van der Waals surface area contributed by atoms with Gasteiger partial charge in [-0.1, -0.05) is 17.7 Å². The lowest BCUT2D eigenvalue weighted by Crippen LogP contribution is -2.40. The van der Waals surface area contributed by atoms with Crippen LogP contribution in [0.3, 0.4) is 0 Å². The van der Waals surface area contributed by atoms with Crippen LogP contribution in [0.4, 0.5) is 4.39 Å². The highest BCUT2D eigenvalue weighted by Crippen LogP contribution is 2.27. The second-order valence-electron chi connectivity index (χ2n) is 5.56. The van der Waals surface area contributed by atoms with Crippen molar-refractivity contribution in [3.8, 4) is 0 Å². The van der Waals surface area contributed by atoms with Gasteiger partial charge in [-0.15, -0.1) is 0 Å². The molecule has 0 amide bonds. The first-order chi connectivity index (χ1) is 11.0. The number of rotatable bonds is 4. The maximum atomic E-state index is 13.9. The van der Waals surface area contributed by atoms with E-state index in [1.807, 2.05) is 0 Å². The lowest BCUT2D eigenvalue weighted by molar-refractivity contribution is 0.309. The summed E-state index contributed by atoms with van der Waals surface area (Å²) in [5, 5.41) is 6.84. The number of hydrogen-bond donors (Lipinski definition) is 1. The average molecular weight is 359 g/mol. The lowest BCUT2D eigenvalue weighted by Gasteiger charge is -2.30. The number of aromatic amines is 1. The van der Waals surface area contributed by atoms with Gasteiger partial charge in [-0.25, -0.2) is 22.1 Å². The van der Waals surface area contributed by atoms with Crippen LogP contribution < -0.4 is 0 Å². The van der Waals surface area contributed by atoms with Crippen LogP contribution in [-0.2, 0) is 15.8 Å². The molecular weight excluding hydrogens is 343 g/mol. The van der Waals surface area contributed by atoms with E-state index in [2.05, 4.69) is 15.2 Å². The predicted octanol–water partition coefficient (Wildman–Crippen LogP) is 2.31. The van der Waals surface area contributed by atoms with Crippen molar-refractivity contribution < 1.29 is 12.8 Å². The molecule has 1 aromatic heterocycles. The molecule has 1 unspecified atom stereocenters. The molecule has 2 aromatic rings. The van der Waals surface area contributed by atoms with E-state index in [0.717, 1.165) is 18.9 Å². The lowest BCUT2D eigenvalue weighted by atomic mass is 9.99. The summed E-state index contributed by atoms with van der Waals surface area (Å²) in [5.74, 6) is -0.317. The predicted molar refractivity (Wildman–Crippen MR) is 84.0 cm³/mol. The summed E-state index contributed by atoms with van der Waals surface area (Å²) >= 11 is 5.70. The Bertz CT molecular complexity index is 782. The van der Waals surface area contributed by atoms with Gasteiger partial charge in [-0.3, -0.25) is 5.10 Å². The summed E-state index contributed by atoms with van der Waals surface area (Å²) in [6.45, 7) is 0.759. The second kappa shape index (κ2) is 6.54. The van der Waals surface area contributed by atoms with Crippen molar-refractivity contribution in [2.45, 2.75) is 24.5 Å². The molecule has 0 aliphatic carbocycles. The number of hydrogen-bond acceptors (Lipinski definition) is 4. The minimum Gasteiger partial charge on any atom is -0.263 e. The van der Waals surface area contributed by atoms with Crippen molar-refractivity contribution in [2.75, 3.05) is 13.1 Å². The molecule has 1 fully saturated rings. The molecule has 1 aliphatic rings. The highest BCUT2D eigenvalue weighted by Gasteiger charge is 2.31. The van der Waals surface area contributed by atoms with E-state index in [9.17, 15) is 12.8 Å². The number of aromatic nitrogens is 3. The van der Waals surface area contributed by atoms with E-state index in [-0.39, 0.29) is 22.3 Å². The summed E-state index contributed by atoms with van der Waals surface area (Å²) in [6, 6.07) is 4.02. The summed E-state index contributed by atoms with van der Waals surface area (Å²) in [5.41, 5.74) is 0.121. The smallest absolute Gasteiger partial charge is 0.218 e. The van der Waals surface area contributed by atoms with Crippen LogP contribution in [0.5, 0.6) is 0 Å². The number of benzene rings is 1. The van der Waals surface area contributed by atoms with Crippen LogP contribution in [-0.4, -0.2) is 41.0 Å². The van der Waals surface area contributed by atoms with Gasteiger partial charge in [0.1, 0.15) is 18.0 Å². The Kier molecular flexibility index (Phi) is 4.65. The fourth-order valence-corrected chi connectivity index (χ4v) is 4.54. The molecule has 1 aromatic carbocycles. The van der Waals surface area contributed by atoms with Gasteiger partial charge >= 0.3 is 0 Å². The molecule has 2 heterocycles. The maximum Gasteiger partial charge on any atom is 0.218 e. The van der Waals surface area contributed by atoms with Gasteiger partial charge in [-0.05, 0) is 25.0 Å². The number of nitrogens with one attached hydrogen (secondary N) is 1. The Labute approximate surface area is 138 Å². The first kappa shape index (κ1) is 16.4. The monoisotopic (exact) mass is 358 g/mol. The van der Waals surface area contributed by atoms with E-state index >= 15 is 0 Å². The zero-order valence-electron chi connectivity index (χ0n) is 12.2. The average Bonchev–Trinajstić information content (AvgIpc) is 3.05. The molecule has 124 valence electrons. The largest absolute Gasteiger partial charge is 0.263 e. The van der Waals surface area contributed by atoms with E-state index in [4.69, 9.17) is 11.6 Å². The van der Waals surface area contributed by atoms with Crippen LogP contribution >= 0.6 is 11.6 Å². The van der Waals surface area contributed by atoms with E-state index in [1.54, 1.807) is 0 Å². The standard InChI is InChI=1S/C14H16ClFN4O2S/c15-12-4-3-11(13(16)6-12)8-23(21,22)20-5-1-2-10(7-20)14-17-9-18-19-14/h3-4,6,9-10H,1-2,5,7-8H2,(H,17,18,19). The van der Waals surface area contributed by atoms with Crippen molar-refractivity contribution in [3.63, 3.8) is 0 Å². The third-order valence-electron chi connectivity index (χ3n) is 3.95. The minimum atomic E-state index is -3.61. The fraction of sp³-hybridized carbons (Fsp3) is 0.429. The Balaban J connectivity index is 1.76. The minimum absolute atomic E-state index is 0.0175. The quantitative estimate of drug-likeness (QED) is 0.909. The summed E-state index contributed by atoms with van der Waals surface area (Å²) in [6.07, 6.45) is 2.98.